The lowest BCUT2D eigenvalue weighted by atomic mass is 9.49. The maximum atomic E-state index is 11.5. The zero-order valence-electron chi connectivity index (χ0n) is 8.58. The van der Waals surface area contributed by atoms with Gasteiger partial charge in [-0.25, -0.2) is 0 Å². The molecule has 0 radical (unpaired) electrons. The highest BCUT2D eigenvalue weighted by Gasteiger charge is 2.14. The van der Waals surface area contributed by atoms with Crippen LogP contribution < -0.4 is 5.46 Å². The molecule has 1 nitrogen and oxygen atoms in total. The topological polar surface area (TPSA) is 17.1 Å². The number of carbonyl (C=O) groups is 1. The summed E-state index contributed by atoms with van der Waals surface area (Å²) >= 11 is 0. The van der Waals surface area contributed by atoms with Crippen LogP contribution >= 0.6 is 0 Å². The number of ketones is 1. The van der Waals surface area contributed by atoms with Crippen molar-refractivity contribution < 1.29 is 4.79 Å². The third-order valence-corrected chi connectivity index (χ3v) is 2.64. The first-order chi connectivity index (χ1) is 6.68. The summed E-state index contributed by atoms with van der Waals surface area (Å²) in [5.74, 6) is 0.234. The molecule has 0 aliphatic heterocycles. The quantitative estimate of drug-likeness (QED) is 0.611. The van der Waals surface area contributed by atoms with Crippen LogP contribution in [0.5, 0.6) is 0 Å². The standard InChI is InChI=1S/C12H13BO/c1-13(2)10-6-7-11-9(8-10)4-3-5-12(11)14/h3-4,6-8H,5H2,1-2H3. The Kier molecular flexibility index (Phi) is 2.28. The fourth-order valence-corrected chi connectivity index (χ4v) is 1.74. The largest absolute Gasteiger partial charge is 0.294 e. The van der Waals surface area contributed by atoms with Crippen molar-refractivity contribution in [1.29, 1.82) is 0 Å². The van der Waals surface area contributed by atoms with Crippen molar-refractivity contribution in [1.82, 2.24) is 0 Å². The number of carbonyl (C=O) groups excluding carboxylic acids is 1. The minimum Gasteiger partial charge on any atom is -0.294 e. The Labute approximate surface area is 84.9 Å². The average molecular weight is 184 g/mol. The molecule has 1 aromatic carbocycles. The van der Waals surface area contributed by atoms with Gasteiger partial charge in [-0.3, -0.25) is 4.79 Å². The molecule has 0 spiro atoms. The summed E-state index contributed by atoms with van der Waals surface area (Å²) < 4.78 is 0. The maximum absolute atomic E-state index is 11.5. The molecule has 0 unspecified atom stereocenters. The van der Waals surface area contributed by atoms with Gasteiger partial charge in [-0.2, -0.15) is 0 Å². The minimum atomic E-state index is 0.234. The van der Waals surface area contributed by atoms with E-state index in [1.54, 1.807) is 0 Å². The van der Waals surface area contributed by atoms with E-state index in [0.29, 0.717) is 13.1 Å². The summed E-state index contributed by atoms with van der Waals surface area (Å²) in [5.41, 5.74) is 3.24. The molecule has 14 heavy (non-hydrogen) atoms. The summed E-state index contributed by atoms with van der Waals surface area (Å²) in [7, 11) is 0. The predicted octanol–water partition coefficient (Wildman–Crippen LogP) is 2.25. The third kappa shape index (κ3) is 1.52. The molecule has 70 valence electrons. The number of fused-ring (bicyclic) bond motifs is 1. The number of Topliss-reactive ketones (excluding diaryl/α,β-unsaturated/α-hetero) is 1. The van der Waals surface area contributed by atoms with Crippen LogP contribution in [0.15, 0.2) is 24.3 Å². The van der Waals surface area contributed by atoms with Crippen LogP contribution in [0.2, 0.25) is 13.6 Å². The fourth-order valence-electron chi connectivity index (χ4n) is 1.74. The average Bonchev–Trinajstić information content (AvgIpc) is 2.17. The van der Waals surface area contributed by atoms with Crippen molar-refractivity contribution in [2.45, 2.75) is 20.1 Å². The van der Waals surface area contributed by atoms with Gasteiger partial charge in [-0.1, -0.05) is 49.5 Å². The number of allylic oxidation sites excluding steroid dienone is 1. The van der Waals surface area contributed by atoms with E-state index >= 15 is 0 Å². The lowest BCUT2D eigenvalue weighted by Gasteiger charge is -2.11. The van der Waals surface area contributed by atoms with E-state index in [1.807, 2.05) is 18.2 Å². The van der Waals surface area contributed by atoms with Gasteiger partial charge in [0.1, 0.15) is 0 Å². The van der Waals surface area contributed by atoms with Gasteiger partial charge in [0.25, 0.3) is 0 Å². The smallest absolute Gasteiger partial charge is 0.169 e. The van der Waals surface area contributed by atoms with Gasteiger partial charge < -0.3 is 0 Å². The first-order valence-corrected chi connectivity index (χ1v) is 5.02. The van der Waals surface area contributed by atoms with Crippen LogP contribution in [0.25, 0.3) is 6.08 Å². The minimum absolute atomic E-state index is 0.234. The Morgan fingerprint density at radius 3 is 2.79 bits per heavy atom. The molecule has 0 heterocycles. The van der Waals surface area contributed by atoms with Crippen LogP contribution in [0.3, 0.4) is 0 Å². The van der Waals surface area contributed by atoms with Crippen LogP contribution in [0.1, 0.15) is 22.3 Å². The van der Waals surface area contributed by atoms with E-state index in [4.69, 9.17) is 0 Å². The van der Waals surface area contributed by atoms with Gasteiger partial charge in [-0.05, 0) is 5.56 Å². The van der Waals surface area contributed by atoms with Crippen molar-refractivity contribution in [2.75, 3.05) is 0 Å². The summed E-state index contributed by atoms with van der Waals surface area (Å²) in [6, 6.07) is 6.13. The van der Waals surface area contributed by atoms with Gasteiger partial charge in [0, 0.05) is 12.0 Å². The number of rotatable bonds is 1. The second-order valence-electron chi connectivity index (χ2n) is 4.03. The lowest BCUT2D eigenvalue weighted by molar-refractivity contribution is 0.0994. The normalized spacial score (nSPS) is 14.0. The van der Waals surface area contributed by atoms with Gasteiger partial charge in [0.2, 0.25) is 0 Å². The van der Waals surface area contributed by atoms with E-state index in [9.17, 15) is 4.79 Å². The molecule has 0 amide bonds. The molecule has 0 N–H and O–H groups in total. The second kappa shape index (κ2) is 3.45. The van der Waals surface area contributed by atoms with Crippen LogP contribution in [-0.4, -0.2) is 12.5 Å². The first-order valence-electron chi connectivity index (χ1n) is 5.02. The Bertz CT molecular complexity index is 405. The molecule has 0 bridgehead atoms. The van der Waals surface area contributed by atoms with Crippen molar-refractivity contribution in [2.24, 2.45) is 0 Å². The molecule has 0 fully saturated rings. The zero-order chi connectivity index (χ0) is 10.1. The Balaban J connectivity index is 2.51. The zero-order valence-corrected chi connectivity index (χ0v) is 8.58. The van der Waals surface area contributed by atoms with Gasteiger partial charge in [0.05, 0.1) is 0 Å². The molecule has 1 aliphatic carbocycles. The Morgan fingerprint density at radius 1 is 1.29 bits per heavy atom. The molecule has 1 aliphatic rings. The molecule has 0 saturated carbocycles. The summed E-state index contributed by atoms with van der Waals surface area (Å²) in [5, 5.41) is 0. The molecule has 0 atom stereocenters. The summed E-state index contributed by atoms with van der Waals surface area (Å²) in [4.78, 5) is 11.5. The van der Waals surface area contributed by atoms with Crippen LogP contribution in [0, 0.1) is 0 Å². The molecule has 2 heteroatoms. The van der Waals surface area contributed by atoms with Crippen molar-refractivity contribution in [3.8, 4) is 0 Å². The fraction of sp³-hybridized carbons (Fsp3) is 0.250. The summed E-state index contributed by atoms with van der Waals surface area (Å²) in [6.45, 7) is 4.84. The molecule has 2 rings (SSSR count). The van der Waals surface area contributed by atoms with E-state index in [1.165, 1.54) is 5.46 Å². The Morgan fingerprint density at radius 2 is 2.07 bits per heavy atom. The van der Waals surface area contributed by atoms with Crippen LogP contribution in [-0.2, 0) is 0 Å². The first kappa shape index (κ1) is 9.26. The Hall–Kier alpha value is -1.31. The molecular weight excluding hydrogens is 171 g/mol. The predicted molar refractivity (Wildman–Crippen MR) is 61.5 cm³/mol. The number of hydrogen-bond donors (Lipinski definition) is 0. The van der Waals surface area contributed by atoms with Gasteiger partial charge >= 0.3 is 0 Å². The van der Waals surface area contributed by atoms with Gasteiger partial charge in [0.15, 0.2) is 12.5 Å². The molecular formula is C12H13BO. The highest BCUT2D eigenvalue weighted by molar-refractivity contribution is 6.70. The van der Waals surface area contributed by atoms with E-state index in [2.05, 4.69) is 25.8 Å². The molecule has 0 aromatic heterocycles. The van der Waals surface area contributed by atoms with Crippen molar-refractivity contribution in [3.63, 3.8) is 0 Å². The van der Waals surface area contributed by atoms with E-state index in [0.717, 1.165) is 11.1 Å². The SMILES string of the molecule is CB(C)c1ccc2c(c1)C=CCC2=O. The van der Waals surface area contributed by atoms with E-state index < -0.39 is 0 Å². The number of hydrogen-bond acceptors (Lipinski definition) is 1. The van der Waals surface area contributed by atoms with Crippen molar-refractivity contribution >= 4 is 24.0 Å². The maximum Gasteiger partial charge on any atom is 0.169 e. The second-order valence-corrected chi connectivity index (χ2v) is 4.03. The van der Waals surface area contributed by atoms with Crippen molar-refractivity contribution in [3.05, 3.63) is 35.4 Å². The number of benzene rings is 1. The lowest BCUT2D eigenvalue weighted by Crippen LogP contribution is -2.23. The van der Waals surface area contributed by atoms with E-state index in [-0.39, 0.29) is 5.78 Å². The van der Waals surface area contributed by atoms with Crippen LogP contribution in [0.4, 0.5) is 0 Å². The highest BCUT2D eigenvalue weighted by atomic mass is 16.1. The van der Waals surface area contributed by atoms with Gasteiger partial charge in [-0.15, -0.1) is 0 Å². The molecule has 1 aromatic rings. The highest BCUT2D eigenvalue weighted by Crippen LogP contribution is 2.17. The molecule has 0 saturated heterocycles. The monoisotopic (exact) mass is 184 g/mol. The summed E-state index contributed by atoms with van der Waals surface area (Å²) in [6.07, 6.45) is 4.53. The third-order valence-electron chi connectivity index (χ3n) is 2.64.